The number of carboxylic acids is 1. The molecule has 134 valence electrons. The molecule has 2 aromatic carbocycles. The lowest BCUT2D eigenvalue weighted by Crippen LogP contribution is -2.26. The van der Waals surface area contributed by atoms with E-state index >= 15 is 0 Å². The number of rotatable bonds is 4. The molecule has 0 radical (unpaired) electrons. The maximum atomic E-state index is 12.3. The third kappa shape index (κ3) is 4.71. The lowest BCUT2D eigenvalue weighted by atomic mass is 10.1. The van der Waals surface area contributed by atoms with Crippen LogP contribution in [0.1, 0.15) is 20.7 Å². The van der Waals surface area contributed by atoms with Crippen molar-refractivity contribution in [2.75, 3.05) is 5.32 Å². The largest absolute Gasteiger partial charge is 0.507 e. The van der Waals surface area contributed by atoms with Crippen LogP contribution in [0.3, 0.4) is 0 Å². The summed E-state index contributed by atoms with van der Waals surface area (Å²) in [5, 5.41) is 21.0. The van der Waals surface area contributed by atoms with Crippen LogP contribution in [0.15, 0.2) is 52.4 Å². The third-order valence-electron chi connectivity index (χ3n) is 3.08. The minimum atomic E-state index is -1.31. The van der Waals surface area contributed by atoms with Gasteiger partial charge in [0, 0.05) is 11.3 Å². The number of carbonyl (C=O) groups excluding carboxylic acids is 1. The smallest absolute Gasteiger partial charge is 0.339 e. The van der Waals surface area contributed by atoms with E-state index in [0.717, 1.165) is 6.07 Å². The molecule has 26 heavy (non-hydrogen) atoms. The first-order valence-electron chi connectivity index (χ1n) is 7.18. The van der Waals surface area contributed by atoms with Gasteiger partial charge in [-0.2, -0.15) is 4.99 Å². The molecular weight excluding hydrogens is 340 g/mol. The fourth-order valence-electron chi connectivity index (χ4n) is 1.99. The molecule has 1 amide bonds. The van der Waals surface area contributed by atoms with Crippen molar-refractivity contribution in [3.8, 4) is 5.75 Å². The summed E-state index contributed by atoms with van der Waals surface area (Å²) in [6.45, 7) is 0. The van der Waals surface area contributed by atoms with Gasteiger partial charge in [-0.25, -0.2) is 9.79 Å². The second-order valence-electron chi connectivity index (χ2n) is 5.05. The Morgan fingerprint density at radius 1 is 1.04 bits per heavy atom. The maximum Gasteiger partial charge on any atom is 0.339 e. The summed E-state index contributed by atoms with van der Waals surface area (Å²) in [5.74, 6) is -2.65. The fourth-order valence-corrected chi connectivity index (χ4v) is 1.99. The SMILES string of the molecule is NC(N)=NC(N)=Nc1cccc(C(=O)Nc2ccc(O)c(C(=O)O)c2)c1. The molecule has 0 bridgehead atoms. The summed E-state index contributed by atoms with van der Waals surface area (Å²) >= 11 is 0. The first-order chi connectivity index (χ1) is 12.3. The van der Waals surface area contributed by atoms with Crippen LogP contribution in [-0.4, -0.2) is 34.0 Å². The molecule has 0 saturated carbocycles. The van der Waals surface area contributed by atoms with Gasteiger partial charge >= 0.3 is 5.97 Å². The summed E-state index contributed by atoms with van der Waals surface area (Å²) < 4.78 is 0. The second kappa shape index (κ2) is 7.66. The number of guanidine groups is 2. The Morgan fingerprint density at radius 2 is 1.77 bits per heavy atom. The molecule has 0 aliphatic rings. The van der Waals surface area contributed by atoms with Gasteiger partial charge in [0.05, 0.1) is 5.69 Å². The lowest BCUT2D eigenvalue weighted by molar-refractivity contribution is 0.0693. The number of hydrogen-bond acceptors (Lipinski definition) is 4. The molecule has 0 aliphatic heterocycles. The molecule has 0 heterocycles. The minimum Gasteiger partial charge on any atom is -0.507 e. The van der Waals surface area contributed by atoms with Crippen molar-refractivity contribution in [3.05, 3.63) is 53.6 Å². The van der Waals surface area contributed by atoms with Gasteiger partial charge in [-0.05, 0) is 36.4 Å². The van der Waals surface area contributed by atoms with Gasteiger partial charge in [-0.15, -0.1) is 0 Å². The Kier molecular flexibility index (Phi) is 5.38. The Labute approximate surface area is 147 Å². The van der Waals surface area contributed by atoms with E-state index in [4.69, 9.17) is 22.3 Å². The Hall–Kier alpha value is -4.08. The molecule has 9 N–H and O–H groups in total. The Balaban J connectivity index is 2.23. The van der Waals surface area contributed by atoms with Crippen LogP contribution < -0.4 is 22.5 Å². The van der Waals surface area contributed by atoms with Crippen LogP contribution >= 0.6 is 0 Å². The maximum absolute atomic E-state index is 12.3. The molecule has 0 aliphatic carbocycles. The van der Waals surface area contributed by atoms with Crippen LogP contribution in [0.25, 0.3) is 0 Å². The molecule has 10 nitrogen and oxygen atoms in total. The highest BCUT2D eigenvalue weighted by atomic mass is 16.4. The number of nitrogens with zero attached hydrogens (tertiary/aromatic N) is 2. The van der Waals surface area contributed by atoms with Gasteiger partial charge in [0.1, 0.15) is 11.3 Å². The highest BCUT2D eigenvalue weighted by molar-refractivity contribution is 6.05. The fraction of sp³-hybridized carbons (Fsp3) is 0. The van der Waals surface area contributed by atoms with E-state index in [-0.39, 0.29) is 28.7 Å². The molecule has 0 atom stereocenters. The molecule has 0 saturated heterocycles. The third-order valence-corrected chi connectivity index (χ3v) is 3.08. The summed E-state index contributed by atoms with van der Waals surface area (Å²) in [5.41, 5.74) is 16.4. The molecule has 0 spiro atoms. The summed E-state index contributed by atoms with van der Waals surface area (Å²) in [6.07, 6.45) is 0. The number of phenols is 1. The second-order valence-corrected chi connectivity index (χ2v) is 5.05. The molecule has 0 fully saturated rings. The molecule has 0 aromatic heterocycles. The normalized spacial score (nSPS) is 10.8. The van der Waals surface area contributed by atoms with Crippen LogP contribution in [0.2, 0.25) is 0 Å². The number of anilines is 1. The van der Waals surface area contributed by atoms with Gasteiger partial charge in [-0.3, -0.25) is 4.79 Å². The number of aromatic carboxylic acids is 1. The molecule has 2 aromatic rings. The van der Waals surface area contributed by atoms with Crippen LogP contribution in [-0.2, 0) is 0 Å². The van der Waals surface area contributed by atoms with Gasteiger partial charge in [0.15, 0.2) is 5.96 Å². The van der Waals surface area contributed by atoms with Gasteiger partial charge in [-0.1, -0.05) is 6.07 Å². The van der Waals surface area contributed by atoms with Crippen LogP contribution in [0.5, 0.6) is 5.75 Å². The summed E-state index contributed by atoms with van der Waals surface area (Å²) in [6, 6.07) is 9.85. The monoisotopic (exact) mass is 356 g/mol. The zero-order valence-electron chi connectivity index (χ0n) is 13.4. The summed E-state index contributed by atoms with van der Waals surface area (Å²) in [7, 11) is 0. The van der Waals surface area contributed by atoms with Crippen molar-refractivity contribution in [1.29, 1.82) is 0 Å². The van der Waals surface area contributed by atoms with Crippen molar-refractivity contribution in [2.24, 2.45) is 27.2 Å². The minimum absolute atomic E-state index is 0.174. The number of carbonyl (C=O) groups is 2. The molecule has 2 rings (SSSR count). The number of nitrogens with two attached hydrogens (primary N) is 3. The standard InChI is InChI=1S/C16H16N6O4/c17-15(18)22-16(19)21-9-3-1-2-8(6-9)13(24)20-10-4-5-12(23)11(7-10)14(25)26/h1-7,23H,(H,20,24)(H,25,26)(H6,17,18,19,21,22). The average molecular weight is 356 g/mol. The number of aromatic hydroxyl groups is 1. The first kappa shape index (κ1) is 18.3. The molecule has 0 unspecified atom stereocenters. The number of benzene rings is 2. The average Bonchev–Trinajstić information content (AvgIpc) is 2.55. The van der Waals surface area contributed by atoms with Gasteiger partial charge in [0.2, 0.25) is 5.96 Å². The van der Waals surface area contributed by atoms with Crippen molar-refractivity contribution < 1.29 is 19.8 Å². The van der Waals surface area contributed by atoms with Crippen molar-refractivity contribution in [3.63, 3.8) is 0 Å². The van der Waals surface area contributed by atoms with E-state index in [1.165, 1.54) is 24.3 Å². The van der Waals surface area contributed by atoms with Crippen LogP contribution in [0.4, 0.5) is 11.4 Å². The zero-order chi connectivity index (χ0) is 19.3. The van der Waals surface area contributed by atoms with Crippen molar-refractivity contribution in [1.82, 2.24) is 0 Å². The topological polar surface area (TPSA) is 189 Å². The predicted molar refractivity (Wildman–Crippen MR) is 96.6 cm³/mol. The molecule has 10 heteroatoms. The van der Waals surface area contributed by atoms with E-state index < -0.39 is 17.6 Å². The van der Waals surface area contributed by atoms with Crippen LogP contribution in [0, 0.1) is 0 Å². The van der Waals surface area contributed by atoms with E-state index in [2.05, 4.69) is 15.3 Å². The number of aliphatic imine (C=N–C) groups is 2. The zero-order valence-corrected chi connectivity index (χ0v) is 13.4. The predicted octanol–water partition coefficient (Wildman–Crippen LogP) is 0.562. The lowest BCUT2D eigenvalue weighted by Gasteiger charge is -2.08. The number of amides is 1. The number of hydrogen-bond donors (Lipinski definition) is 6. The summed E-state index contributed by atoms with van der Waals surface area (Å²) in [4.78, 5) is 30.9. The van der Waals surface area contributed by atoms with E-state index in [9.17, 15) is 14.7 Å². The number of nitrogens with one attached hydrogen (secondary N) is 1. The Morgan fingerprint density at radius 3 is 2.42 bits per heavy atom. The van der Waals surface area contributed by atoms with E-state index in [1.807, 2.05) is 0 Å². The quantitative estimate of drug-likeness (QED) is 0.262. The highest BCUT2D eigenvalue weighted by Crippen LogP contribution is 2.22. The first-order valence-corrected chi connectivity index (χ1v) is 7.18. The Bertz CT molecular complexity index is 919. The van der Waals surface area contributed by atoms with Crippen molar-refractivity contribution in [2.45, 2.75) is 0 Å². The molecular formula is C16H16N6O4. The van der Waals surface area contributed by atoms with E-state index in [0.29, 0.717) is 5.69 Å². The van der Waals surface area contributed by atoms with Gasteiger partial charge < -0.3 is 32.7 Å². The van der Waals surface area contributed by atoms with E-state index in [1.54, 1.807) is 12.1 Å². The highest BCUT2D eigenvalue weighted by Gasteiger charge is 2.12. The van der Waals surface area contributed by atoms with Gasteiger partial charge in [0.25, 0.3) is 5.91 Å². The van der Waals surface area contributed by atoms with Crippen molar-refractivity contribution >= 4 is 35.2 Å². The number of carboxylic acid groups (broad SMARTS) is 1.